The summed E-state index contributed by atoms with van der Waals surface area (Å²) >= 11 is 0.853. The molecule has 0 saturated heterocycles. The highest BCUT2D eigenvalue weighted by Gasteiger charge is 2.39. The van der Waals surface area contributed by atoms with Crippen LogP contribution in [0, 0.1) is 17.5 Å². The Morgan fingerprint density at radius 2 is 1.72 bits per heavy atom. The molecular weight excluding hydrogens is 405 g/mol. The van der Waals surface area contributed by atoms with Crippen LogP contribution in [0.4, 0.5) is 24.7 Å². The molecule has 1 atom stereocenters. The van der Waals surface area contributed by atoms with E-state index in [1.165, 1.54) is 23.6 Å². The van der Waals surface area contributed by atoms with Crippen molar-refractivity contribution in [3.8, 4) is 5.75 Å². The van der Waals surface area contributed by atoms with Crippen LogP contribution in [-0.4, -0.2) is 17.6 Å². The summed E-state index contributed by atoms with van der Waals surface area (Å²) in [6, 6.07) is 8.62. The number of fused-ring (bicyclic) bond motifs is 1. The molecule has 3 aromatic rings. The Morgan fingerprint density at radius 1 is 1.03 bits per heavy atom. The minimum Gasteiger partial charge on any atom is -0.497 e. The minimum absolute atomic E-state index is 0.158. The number of amides is 1. The number of benzene rings is 2. The second-order valence-electron chi connectivity index (χ2n) is 6.56. The van der Waals surface area contributed by atoms with E-state index in [1.54, 1.807) is 24.3 Å². The molecule has 4 rings (SSSR count). The van der Waals surface area contributed by atoms with Gasteiger partial charge in [0.25, 0.3) is 0 Å². The van der Waals surface area contributed by atoms with Gasteiger partial charge >= 0.3 is 4.87 Å². The molecule has 1 amide bonds. The number of aromatic nitrogens is 1. The summed E-state index contributed by atoms with van der Waals surface area (Å²) in [6.07, 6.45) is -0.193. The number of ether oxygens (including phenoxy) is 1. The maximum absolute atomic E-state index is 14.4. The normalized spacial score (nSPS) is 16.1. The average Bonchev–Trinajstić information content (AvgIpc) is 3.01. The average molecular weight is 420 g/mol. The third kappa shape index (κ3) is 3.02. The van der Waals surface area contributed by atoms with E-state index in [-0.39, 0.29) is 22.7 Å². The highest BCUT2D eigenvalue weighted by atomic mass is 32.1. The topological polar surface area (TPSA) is 51.5 Å². The van der Waals surface area contributed by atoms with E-state index in [2.05, 4.69) is 0 Å². The molecule has 150 valence electrons. The summed E-state index contributed by atoms with van der Waals surface area (Å²) < 4.78 is 48.0. The highest BCUT2D eigenvalue weighted by molar-refractivity contribution is 7.10. The van der Waals surface area contributed by atoms with Crippen molar-refractivity contribution < 1.29 is 22.7 Å². The van der Waals surface area contributed by atoms with Gasteiger partial charge in [0.1, 0.15) is 11.6 Å². The van der Waals surface area contributed by atoms with Crippen LogP contribution in [0.3, 0.4) is 0 Å². The molecule has 2 heterocycles. The lowest BCUT2D eigenvalue weighted by Crippen LogP contribution is -2.35. The fraction of sp³-hybridized carbons (Fsp3) is 0.200. The van der Waals surface area contributed by atoms with Gasteiger partial charge in [0.15, 0.2) is 17.5 Å². The molecule has 1 aliphatic heterocycles. The summed E-state index contributed by atoms with van der Waals surface area (Å²) in [5.74, 6) is -4.66. The van der Waals surface area contributed by atoms with Crippen LogP contribution in [-0.2, 0) is 11.8 Å². The van der Waals surface area contributed by atoms with E-state index in [1.807, 2.05) is 0 Å². The van der Waals surface area contributed by atoms with E-state index < -0.39 is 29.3 Å². The Labute approximate surface area is 167 Å². The first-order valence-corrected chi connectivity index (χ1v) is 9.45. The standard InChI is InChI=1S/C20H15F3N2O3S/c1-24-19-18(29-20(24)27)13(12-7-8-14(21)17(23)16(12)22)9-15(26)25(19)10-3-5-11(28-2)6-4-10/h3-8,13H,9H2,1-2H3. The van der Waals surface area contributed by atoms with Crippen LogP contribution in [0.25, 0.3) is 0 Å². The summed E-state index contributed by atoms with van der Waals surface area (Å²) in [5, 5.41) is 0. The third-order valence-electron chi connectivity index (χ3n) is 4.94. The number of nitrogens with zero attached hydrogens (tertiary/aromatic N) is 2. The summed E-state index contributed by atoms with van der Waals surface area (Å²) in [4.78, 5) is 26.8. The van der Waals surface area contributed by atoms with Crippen LogP contribution in [0.1, 0.15) is 22.8 Å². The summed E-state index contributed by atoms with van der Waals surface area (Å²) in [5.41, 5.74) is 0.351. The van der Waals surface area contributed by atoms with Crippen LogP contribution < -0.4 is 14.5 Å². The molecule has 1 aromatic heterocycles. The summed E-state index contributed by atoms with van der Waals surface area (Å²) in [6.45, 7) is 0. The largest absolute Gasteiger partial charge is 0.497 e. The zero-order valence-corrected chi connectivity index (χ0v) is 16.2. The van der Waals surface area contributed by atoms with Crippen LogP contribution in [0.2, 0.25) is 0 Å². The first kappa shape index (κ1) is 19.3. The summed E-state index contributed by atoms with van der Waals surface area (Å²) in [7, 11) is 3.02. The van der Waals surface area contributed by atoms with E-state index in [0.717, 1.165) is 23.5 Å². The number of carbonyl (C=O) groups excluding carboxylic acids is 1. The molecule has 0 fully saturated rings. The molecule has 5 nitrogen and oxygen atoms in total. The molecule has 0 aliphatic carbocycles. The number of anilines is 2. The lowest BCUT2D eigenvalue weighted by atomic mass is 9.90. The van der Waals surface area contributed by atoms with Crippen molar-refractivity contribution in [1.82, 2.24) is 4.57 Å². The molecule has 1 aliphatic rings. The number of hydrogen-bond donors (Lipinski definition) is 0. The second-order valence-corrected chi connectivity index (χ2v) is 7.56. The lowest BCUT2D eigenvalue weighted by Gasteiger charge is -2.32. The molecule has 0 spiro atoms. The molecule has 9 heteroatoms. The Balaban J connectivity index is 1.89. The fourth-order valence-corrected chi connectivity index (χ4v) is 4.57. The van der Waals surface area contributed by atoms with Gasteiger partial charge in [-0.25, -0.2) is 13.2 Å². The Hall–Kier alpha value is -3.07. The number of methoxy groups -OCH3 is 1. The zero-order chi connectivity index (χ0) is 20.9. The van der Waals surface area contributed by atoms with E-state index in [0.29, 0.717) is 16.3 Å². The number of halogens is 3. The monoisotopic (exact) mass is 420 g/mol. The Morgan fingerprint density at radius 3 is 2.38 bits per heavy atom. The van der Waals surface area contributed by atoms with Crippen LogP contribution in [0.5, 0.6) is 5.75 Å². The maximum Gasteiger partial charge on any atom is 0.308 e. The van der Waals surface area contributed by atoms with Gasteiger partial charge in [-0.05, 0) is 30.3 Å². The molecule has 29 heavy (non-hydrogen) atoms. The van der Waals surface area contributed by atoms with Gasteiger partial charge < -0.3 is 4.74 Å². The van der Waals surface area contributed by atoms with Crippen molar-refractivity contribution in [2.75, 3.05) is 12.0 Å². The Bertz CT molecular complexity index is 1170. The quantitative estimate of drug-likeness (QED) is 0.601. The number of rotatable bonds is 3. The zero-order valence-electron chi connectivity index (χ0n) is 15.4. The third-order valence-corrected chi connectivity index (χ3v) is 6.07. The van der Waals surface area contributed by atoms with Gasteiger partial charge in [-0.1, -0.05) is 17.4 Å². The molecule has 0 saturated carbocycles. The first-order valence-electron chi connectivity index (χ1n) is 8.63. The van der Waals surface area contributed by atoms with Crippen molar-refractivity contribution in [3.63, 3.8) is 0 Å². The van der Waals surface area contributed by atoms with E-state index in [9.17, 15) is 22.8 Å². The predicted octanol–water partition coefficient (Wildman–Crippen LogP) is 4.07. The lowest BCUT2D eigenvalue weighted by molar-refractivity contribution is -0.118. The predicted molar refractivity (Wildman–Crippen MR) is 102 cm³/mol. The smallest absolute Gasteiger partial charge is 0.308 e. The fourth-order valence-electron chi connectivity index (χ4n) is 3.48. The van der Waals surface area contributed by atoms with Gasteiger partial charge in [-0.15, -0.1) is 0 Å². The maximum atomic E-state index is 14.4. The Kier molecular flexibility index (Phi) is 4.70. The van der Waals surface area contributed by atoms with E-state index >= 15 is 0 Å². The minimum atomic E-state index is -1.60. The van der Waals surface area contributed by atoms with Crippen LogP contribution in [0.15, 0.2) is 41.2 Å². The molecule has 0 bridgehead atoms. The van der Waals surface area contributed by atoms with Gasteiger partial charge in [0.05, 0.1) is 17.7 Å². The number of carbonyl (C=O) groups is 1. The van der Waals surface area contributed by atoms with Crippen LogP contribution >= 0.6 is 11.3 Å². The van der Waals surface area contributed by atoms with Gasteiger partial charge in [0.2, 0.25) is 5.91 Å². The molecule has 0 radical (unpaired) electrons. The van der Waals surface area contributed by atoms with Crippen molar-refractivity contribution in [2.24, 2.45) is 7.05 Å². The second kappa shape index (κ2) is 7.07. The number of thiazole rings is 1. The first-order chi connectivity index (χ1) is 13.8. The van der Waals surface area contributed by atoms with Crippen molar-refractivity contribution in [2.45, 2.75) is 12.3 Å². The highest BCUT2D eigenvalue weighted by Crippen LogP contribution is 2.45. The molecular formula is C20H15F3N2O3S. The molecule has 1 unspecified atom stereocenters. The van der Waals surface area contributed by atoms with Crippen molar-refractivity contribution >= 4 is 28.7 Å². The van der Waals surface area contributed by atoms with Gasteiger partial charge in [-0.3, -0.25) is 19.1 Å². The van der Waals surface area contributed by atoms with Gasteiger partial charge in [-0.2, -0.15) is 0 Å². The molecule has 0 N–H and O–H groups in total. The van der Waals surface area contributed by atoms with E-state index in [4.69, 9.17) is 4.74 Å². The molecule has 2 aromatic carbocycles. The SMILES string of the molecule is COc1ccc(N2C(=O)CC(c3ccc(F)c(F)c3F)c3sc(=O)n(C)c32)cc1. The number of hydrogen-bond acceptors (Lipinski definition) is 4. The van der Waals surface area contributed by atoms with Crippen molar-refractivity contribution in [3.05, 3.63) is 74.0 Å². The van der Waals surface area contributed by atoms with Crippen molar-refractivity contribution in [1.29, 1.82) is 0 Å². The van der Waals surface area contributed by atoms with Gasteiger partial charge in [0, 0.05) is 24.9 Å².